The molecular weight excluding hydrogens is 334 g/mol. The average Bonchev–Trinajstić information content (AvgIpc) is 2.29. The Hall–Kier alpha value is -1.04. The summed E-state index contributed by atoms with van der Waals surface area (Å²) in [5.74, 6) is 0. The van der Waals surface area contributed by atoms with Crippen LogP contribution in [0.25, 0.3) is 0 Å². The quantitative estimate of drug-likeness (QED) is 0.623. The summed E-state index contributed by atoms with van der Waals surface area (Å²) in [6.07, 6.45) is 0. The summed E-state index contributed by atoms with van der Waals surface area (Å²) in [5.41, 5.74) is 1.98. The van der Waals surface area contributed by atoms with Crippen molar-refractivity contribution >= 4 is 37.5 Å². The van der Waals surface area contributed by atoms with Gasteiger partial charge >= 0.3 is 0 Å². The predicted molar refractivity (Wildman–Crippen MR) is 70.2 cm³/mol. The number of nitrogens with zero attached hydrogens (tertiary/aromatic N) is 3. The molecule has 0 heterocycles. The smallest absolute Gasteiger partial charge is 0.106 e. The van der Waals surface area contributed by atoms with Gasteiger partial charge in [-0.1, -0.05) is 37.9 Å². The van der Waals surface area contributed by atoms with E-state index in [1.54, 1.807) is 4.90 Å². The van der Waals surface area contributed by atoms with Crippen molar-refractivity contribution in [3.05, 3.63) is 28.2 Å². The molecule has 0 aliphatic carbocycles. The third-order valence-electron chi connectivity index (χ3n) is 2.06. The standard InChI is InChI=1S/C11H9Br2N3/c12-8-9-1-2-10(13)7-11(9)16(5-3-14)6-4-15/h1-2,7H,5-6,8H2. The predicted octanol–water partition coefficient (Wildman–Crippen LogP) is 3.20. The van der Waals surface area contributed by atoms with Gasteiger partial charge in [0.05, 0.1) is 12.1 Å². The van der Waals surface area contributed by atoms with Crippen LogP contribution >= 0.6 is 31.9 Å². The summed E-state index contributed by atoms with van der Waals surface area (Å²) in [7, 11) is 0. The number of nitriles is 2. The van der Waals surface area contributed by atoms with Gasteiger partial charge in [-0.05, 0) is 17.7 Å². The Balaban J connectivity index is 3.12. The highest BCUT2D eigenvalue weighted by Gasteiger charge is 2.10. The maximum absolute atomic E-state index is 8.73. The summed E-state index contributed by atoms with van der Waals surface area (Å²) < 4.78 is 0.938. The summed E-state index contributed by atoms with van der Waals surface area (Å²) >= 11 is 6.78. The van der Waals surface area contributed by atoms with Crippen LogP contribution in [0.2, 0.25) is 0 Å². The lowest BCUT2D eigenvalue weighted by molar-refractivity contribution is 0.957. The summed E-state index contributed by atoms with van der Waals surface area (Å²) in [5, 5.41) is 18.2. The Bertz CT molecular complexity index is 430. The Kier molecular flexibility index (Phi) is 5.31. The number of benzene rings is 1. The summed E-state index contributed by atoms with van der Waals surface area (Å²) in [6, 6.07) is 9.96. The zero-order valence-corrected chi connectivity index (χ0v) is 11.6. The molecule has 0 saturated carbocycles. The number of halogens is 2. The molecule has 3 nitrogen and oxygen atoms in total. The molecule has 1 rings (SSSR count). The van der Waals surface area contributed by atoms with Gasteiger partial charge in [0, 0.05) is 15.5 Å². The third-order valence-corrected chi connectivity index (χ3v) is 3.15. The van der Waals surface area contributed by atoms with Gasteiger partial charge < -0.3 is 4.90 Å². The van der Waals surface area contributed by atoms with E-state index in [2.05, 4.69) is 44.0 Å². The van der Waals surface area contributed by atoms with Crippen molar-refractivity contribution in [1.29, 1.82) is 10.5 Å². The van der Waals surface area contributed by atoms with Crippen molar-refractivity contribution in [2.24, 2.45) is 0 Å². The zero-order valence-electron chi connectivity index (χ0n) is 8.45. The molecule has 0 unspecified atom stereocenters. The van der Waals surface area contributed by atoms with Gasteiger partial charge in [0.1, 0.15) is 13.1 Å². The Morgan fingerprint density at radius 2 is 1.81 bits per heavy atom. The highest BCUT2D eigenvalue weighted by atomic mass is 79.9. The summed E-state index contributed by atoms with van der Waals surface area (Å²) in [6.45, 7) is 0.425. The molecule has 1 aromatic carbocycles. The fourth-order valence-corrected chi connectivity index (χ4v) is 2.16. The lowest BCUT2D eigenvalue weighted by atomic mass is 10.2. The molecule has 1 aromatic rings. The molecule has 82 valence electrons. The number of hydrogen-bond donors (Lipinski definition) is 0. The largest absolute Gasteiger partial charge is 0.345 e. The first-order valence-corrected chi connectivity index (χ1v) is 6.47. The third kappa shape index (κ3) is 3.23. The van der Waals surface area contributed by atoms with Crippen LogP contribution in [0.15, 0.2) is 22.7 Å². The van der Waals surface area contributed by atoms with E-state index in [1.165, 1.54) is 0 Å². The first-order valence-electron chi connectivity index (χ1n) is 4.56. The van der Waals surface area contributed by atoms with E-state index in [0.717, 1.165) is 15.7 Å². The van der Waals surface area contributed by atoms with Crippen molar-refractivity contribution in [3.8, 4) is 12.1 Å². The van der Waals surface area contributed by atoms with Crippen LogP contribution < -0.4 is 4.90 Å². The molecule has 0 atom stereocenters. The molecule has 0 N–H and O–H groups in total. The van der Waals surface area contributed by atoms with Gasteiger partial charge in [-0.15, -0.1) is 0 Å². The van der Waals surface area contributed by atoms with Crippen LogP contribution in [-0.4, -0.2) is 13.1 Å². The number of rotatable bonds is 4. The molecule has 0 aliphatic rings. The van der Waals surface area contributed by atoms with Gasteiger partial charge in [0.25, 0.3) is 0 Å². The second kappa shape index (κ2) is 6.52. The van der Waals surface area contributed by atoms with E-state index in [9.17, 15) is 0 Å². The molecule has 0 radical (unpaired) electrons. The van der Waals surface area contributed by atoms with E-state index in [-0.39, 0.29) is 13.1 Å². The van der Waals surface area contributed by atoms with Crippen molar-refractivity contribution in [2.75, 3.05) is 18.0 Å². The van der Waals surface area contributed by atoms with E-state index >= 15 is 0 Å². The highest BCUT2D eigenvalue weighted by Crippen LogP contribution is 2.26. The minimum atomic E-state index is 0.212. The van der Waals surface area contributed by atoms with Gasteiger partial charge in [0.2, 0.25) is 0 Å². The van der Waals surface area contributed by atoms with Crippen molar-refractivity contribution in [2.45, 2.75) is 5.33 Å². The summed E-state index contributed by atoms with van der Waals surface area (Å²) in [4.78, 5) is 1.75. The topological polar surface area (TPSA) is 50.8 Å². The van der Waals surface area contributed by atoms with Crippen molar-refractivity contribution in [3.63, 3.8) is 0 Å². The zero-order chi connectivity index (χ0) is 12.0. The van der Waals surface area contributed by atoms with Crippen LogP contribution in [0.3, 0.4) is 0 Å². The van der Waals surface area contributed by atoms with Crippen molar-refractivity contribution < 1.29 is 0 Å². The van der Waals surface area contributed by atoms with Gasteiger partial charge in [-0.2, -0.15) is 10.5 Å². The SMILES string of the molecule is N#CCN(CC#N)c1cc(Br)ccc1CBr. The maximum atomic E-state index is 8.73. The Labute approximate surface area is 112 Å². The van der Waals surface area contributed by atoms with Crippen molar-refractivity contribution in [1.82, 2.24) is 0 Å². The van der Waals surface area contributed by atoms with Gasteiger partial charge in [-0.25, -0.2) is 0 Å². The molecule has 0 aliphatic heterocycles. The lowest BCUT2D eigenvalue weighted by Crippen LogP contribution is -2.24. The molecule has 0 fully saturated rings. The highest BCUT2D eigenvalue weighted by molar-refractivity contribution is 9.10. The molecule has 0 saturated heterocycles. The Morgan fingerprint density at radius 3 is 2.31 bits per heavy atom. The molecule has 0 aromatic heterocycles. The van der Waals surface area contributed by atoms with Crippen LogP contribution in [0, 0.1) is 22.7 Å². The first-order chi connectivity index (χ1) is 7.72. The molecule has 0 bridgehead atoms. The second-order valence-electron chi connectivity index (χ2n) is 3.08. The monoisotopic (exact) mass is 341 g/mol. The van der Waals surface area contributed by atoms with Crippen LogP contribution in [0.1, 0.15) is 5.56 Å². The molecule has 0 spiro atoms. The van der Waals surface area contributed by atoms with E-state index in [4.69, 9.17) is 10.5 Å². The fourth-order valence-electron chi connectivity index (χ4n) is 1.34. The van der Waals surface area contributed by atoms with Crippen LogP contribution in [0.5, 0.6) is 0 Å². The van der Waals surface area contributed by atoms with E-state index in [0.29, 0.717) is 5.33 Å². The first kappa shape index (κ1) is 13.0. The number of hydrogen-bond acceptors (Lipinski definition) is 3. The average molecular weight is 343 g/mol. The second-order valence-corrected chi connectivity index (χ2v) is 4.56. The minimum Gasteiger partial charge on any atom is -0.345 e. The van der Waals surface area contributed by atoms with E-state index in [1.807, 2.05) is 18.2 Å². The molecule has 16 heavy (non-hydrogen) atoms. The van der Waals surface area contributed by atoms with Gasteiger partial charge in [0.15, 0.2) is 0 Å². The number of alkyl halides is 1. The lowest BCUT2D eigenvalue weighted by Gasteiger charge is -2.21. The maximum Gasteiger partial charge on any atom is 0.106 e. The molecule has 0 amide bonds. The minimum absolute atomic E-state index is 0.212. The van der Waals surface area contributed by atoms with Crippen LogP contribution in [-0.2, 0) is 5.33 Å². The van der Waals surface area contributed by atoms with Gasteiger partial charge in [-0.3, -0.25) is 0 Å². The normalized spacial score (nSPS) is 9.25. The Morgan fingerprint density at radius 1 is 1.19 bits per heavy atom. The van der Waals surface area contributed by atoms with Crippen LogP contribution in [0.4, 0.5) is 5.69 Å². The molecular formula is C11H9Br2N3. The number of anilines is 1. The van der Waals surface area contributed by atoms with E-state index < -0.39 is 0 Å². The fraction of sp³-hybridized carbons (Fsp3) is 0.273. The molecule has 5 heteroatoms.